The Labute approximate surface area is 100 Å². The zero-order valence-electron chi connectivity index (χ0n) is 8.27. The molecular weight excluding hydrogens is 282 g/mol. The Morgan fingerprint density at radius 3 is 2.67 bits per heavy atom. The SMILES string of the molecule is C[C](C)C(c1nc(Br)cs1)N(N)C(=O)O. The van der Waals surface area contributed by atoms with Gasteiger partial charge in [-0.15, -0.1) is 11.3 Å². The van der Waals surface area contributed by atoms with Crippen LogP contribution in [0, 0.1) is 5.92 Å². The average Bonchev–Trinajstić information content (AvgIpc) is 2.51. The van der Waals surface area contributed by atoms with Gasteiger partial charge in [0.1, 0.15) is 15.7 Å². The number of rotatable bonds is 3. The predicted molar refractivity (Wildman–Crippen MR) is 61.2 cm³/mol. The van der Waals surface area contributed by atoms with E-state index < -0.39 is 12.1 Å². The van der Waals surface area contributed by atoms with E-state index in [4.69, 9.17) is 10.9 Å². The van der Waals surface area contributed by atoms with Crippen LogP contribution in [-0.4, -0.2) is 21.2 Å². The van der Waals surface area contributed by atoms with Crippen LogP contribution in [0.5, 0.6) is 0 Å². The lowest BCUT2D eigenvalue weighted by Crippen LogP contribution is -2.41. The number of hydrazine groups is 1. The van der Waals surface area contributed by atoms with Gasteiger partial charge in [0.2, 0.25) is 0 Å². The lowest BCUT2D eigenvalue weighted by atomic mass is 10.1. The van der Waals surface area contributed by atoms with Gasteiger partial charge in [0.25, 0.3) is 0 Å². The zero-order valence-corrected chi connectivity index (χ0v) is 10.7. The highest BCUT2D eigenvalue weighted by Gasteiger charge is 2.28. The Morgan fingerprint density at radius 1 is 1.73 bits per heavy atom. The van der Waals surface area contributed by atoms with E-state index in [9.17, 15) is 4.79 Å². The van der Waals surface area contributed by atoms with Crippen LogP contribution in [-0.2, 0) is 0 Å². The maximum Gasteiger partial charge on any atom is 0.422 e. The monoisotopic (exact) mass is 292 g/mol. The number of carbonyl (C=O) groups is 1. The Bertz CT molecular complexity index is 355. The Kier molecular flexibility index (Phi) is 4.06. The first-order chi connectivity index (χ1) is 6.93. The molecular formula is C8H11BrN3O2S. The van der Waals surface area contributed by atoms with Gasteiger partial charge < -0.3 is 5.11 Å². The molecule has 1 radical (unpaired) electrons. The first-order valence-corrected chi connectivity index (χ1v) is 5.78. The van der Waals surface area contributed by atoms with E-state index in [0.717, 1.165) is 10.9 Å². The fourth-order valence-electron chi connectivity index (χ4n) is 1.15. The van der Waals surface area contributed by atoms with Crippen molar-refractivity contribution in [3.63, 3.8) is 0 Å². The van der Waals surface area contributed by atoms with E-state index in [1.54, 1.807) is 5.38 Å². The number of halogens is 1. The van der Waals surface area contributed by atoms with Crippen molar-refractivity contribution in [1.29, 1.82) is 0 Å². The second-order valence-corrected chi connectivity index (χ2v) is 4.88. The van der Waals surface area contributed by atoms with Gasteiger partial charge in [-0.05, 0) is 15.9 Å². The summed E-state index contributed by atoms with van der Waals surface area (Å²) >= 11 is 4.59. The van der Waals surface area contributed by atoms with Crippen LogP contribution in [0.3, 0.4) is 0 Å². The van der Waals surface area contributed by atoms with Gasteiger partial charge in [0, 0.05) is 11.3 Å². The molecule has 0 fully saturated rings. The van der Waals surface area contributed by atoms with Crippen LogP contribution < -0.4 is 5.84 Å². The van der Waals surface area contributed by atoms with Crippen molar-refractivity contribution in [3.8, 4) is 0 Å². The van der Waals surface area contributed by atoms with E-state index in [2.05, 4.69) is 20.9 Å². The van der Waals surface area contributed by atoms with Crippen molar-refractivity contribution >= 4 is 33.4 Å². The topological polar surface area (TPSA) is 79.5 Å². The molecule has 0 aromatic carbocycles. The number of thiazole rings is 1. The van der Waals surface area contributed by atoms with Crippen molar-refractivity contribution in [3.05, 3.63) is 20.9 Å². The van der Waals surface area contributed by atoms with Gasteiger partial charge in [-0.3, -0.25) is 0 Å². The summed E-state index contributed by atoms with van der Waals surface area (Å²) in [5.41, 5.74) is 0. The minimum absolute atomic E-state index is 0.487. The highest BCUT2D eigenvalue weighted by atomic mass is 79.9. The second-order valence-electron chi connectivity index (χ2n) is 3.18. The molecule has 0 spiro atoms. The summed E-state index contributed by atoms with van der Waals surface area (Å²) in [4.78, 5) is 14.9. The van der Waals surface area contributed by atoms with Gasteiger partial charge in [-0.1, -0.05) is 13.8 Å². The van der Waals surface area contributed by atoms with Crippen molar-refractivity contribution in [2.24, 2.45) is 5.84 Å². The number of carboxylic acid groups (broad SMARTS) is 1. The lowest BCUT2D eigenvalue weighted by molar-refractivity contribution is 0.127. The number of nitrogens with zero attached hydrogens (tertiary/aromatic N) is 2. The summed E-state index contributed by atoms with van der Waals surface area (Å²) in [5.74, 6) is 6.34. The van der Waals surface area contributed by atoms with Gasteiger partial charge in [0.15, 0.2) is 0 Å². The minimum atomic E-state index is -1.17. The standard InChI is InChI=1S/C8H11BrN3O2S/c1-4(2)6(12(10)8(13)14)7-11-5(9)3-15-7/h3,6H,10H2,1-2H3,(H,13,14). The van der Waals surface area contributed by atoms with E-state index in [-0.39, 0.29) is 0 Å². The van der Waals surface area contributed by atoms with Crippen LogP contribution in [0.1, 0.15) is 24.9 Å². The summed E-state index contributed by atoms with van der Waals surface area (Å²) in [6.45, 7) is 3.64. The van der Waals surface area contributed by atoms with Crippen LogP contribution >= 0.6 is 27.3 Å². The van der Waals surface area contributed by atoms with Crippen molar-refractivity contribution in [2.75, 3.05) is 0 Å². The molecule has 0 saturated heterocycles. The summed E-state index contributed by atoms with van der Waals surface area (Å²) in [7, 11) is 0. The predicted octanol–water partition coefficient (Wildman–Crippen LogP) is 2.41. The molecule has 1 rings (SSSR count). The second kappa shape index (κ2) is 4.91. The molecule has 1 aromatic heterocycles. The third kappa shape index (κ3) is 2.90. The molecule has 0 aliphatic rings. The Balaban J connectivity index is 2.98. The van der Waals surface area contributed by atoms with Crippen LogP contribution in [0.15, 0.2) is 9.98 Å². The maximum absolute atomic E-state index is 10.8. The van der Waals surface area contributed by atoms with E-state index in [1.807, 2.05) is 13.8 Å². The third-order valence-electron chi connectivity index (χ3n) is 1.77. The van der Waals surface area contributed by atoms with Gasteiger partial charge in [-0.25, -0.2) is 20.6 Å². The smallest absolute Gasteiger partial charge is 0.422 e. The fraction of sp³-hybridized carbons (Fsp3) is 0.375. The third-order valence-corrected chi connectivity index (χ3v) is 3.38. The molecule has 5 nitrogen and oxygen atoms in total. The molecule has 3 N–H and O–H groups in total. The molecule has 0 saturated carbocycles. The Hall–Kier alpha value is -0.660. The molecule has 83 valence electrons. The first kappa shape index (κ1) is 12.4. The summed E-state index contributed by atoms with van der Waals surface area (Å²) in [5, 5.41) is 12.0. The first-order valence-electron chi connectivity index (χ1n) is 4.11. The van der Waals surface area contributed by atoms with Gasteiger partial charge in [0.05, 0.1) is 0 Å². The molecule has 1 atom stereocenters. The van der Waals surface area contributed by atoms with E-state index >= 15 is 0 Å². The zero-order chi connectivity index (χ0) is 11.6. The summed E-state index contributed by atoms with van der Waals surface area (Å²) in [6.07, 6.45) is -1.17. The lowest BCUT2D eigenvalue weighted by Gasteiger charge is -2.25. The molecule has 7 heteroatoms. The largest absolute Gasteiger partial charge is 0.464 e. The normalized spacial score (nSPS) is 12.9. The number of aromatic nitrogens is 1. The van der Waals surface area contributed by atoms with Crippen LogP contribution in [0.25, 0.3) is 0 Å². The maximum atomic E-state index is 10.8. The quantitative estimate of drug-likeness (QED) is 0.509. The van der Waals surface area contributed by atoms with Crippen molar-refractivity contribution in [2.45, 2.75) is 19.9 Å². The van der Waals surface area contributed by atoms with Crippen molar-refractivity contribution in [1.82, 2.24) is 9.99 Å². The van der Waals surface area contributed by atoms with Crippen LogP contribution in [0.4, 0.5) is 4.79 Å². The molecule has 1 heterocycles. The molecule has 1 unspecified atom stereocenters. The van der Waals surface area contributed by atoms with E-state index in [0.29, 0.717) is 9.61 Å². The van der Waals surface area contributed by atoms with Crippen LogP contribution in [0.2, 0.25) is 0 Å². The molecule has 0 aliphatic carbocycles. The molecule has 0 bridgehead atoms. The summed E-state index contributed by atoms with van der Waals surface area (Å²) < 4.78 is 0.688. The highest BCUT2D eigenvalue weighted by Crippen LogP contribution is 2.31. The average molecular weight is 293 g/mol. The molecule has 1 amide bonds. The van der Waals surface area contributed by atoms with Crippen molar-refractivity contribution < 1.29 is 9.90 Å². The molecule has 1 aromatic rings. The fourth-order valence-corrected chi connectivity index (χ4v) is 2.64. The summed E-state index contributed by atoms with van der Waals surface area (Å²) in [6, 6.07) is -0.487. The molecule has 15 heavy (non-hydrogen) atoms. The number of hydrogen-bond acceptors (Lipinski definition) is 4. The molecule has 0 aliphatic heterocycles. The van der Waals surface area contributed by atoms with Gasteiger partial charge >= 0.3 is 6.09 Å². The number of amides is 1. The van der Waals surface area contributed by atoms with Gasteiger partial charge in [-0.2, -0.15) is 0 Å². The minimum Gasteiger partial charge on any atom is -0.464 e. The highest BCUT2D eigenvalue weighted by molar-refractivity contribution is 9.10. The number of nitrogens with two attached hydrogens (primary N) is 1. The Morgan fingerprint density at radius 2 is 2.33 bits per heavy atom. The number of hydrogen-bond donors (Lipinski definition) is 2. The van der Waals surface area contributed by atoms with E-state index in [1.165, 1.54) is 11.3 Å².